The van der Waals surface area contributed by atoms with E-state index in [9.17, 15) is 14.4 Å². The van der Waals surface area contributed by atoms with Gasteiger partial charge in [-0.05, 0) is 32.4 Å². The molecule has 2 N–H and O–H groups in total. The highest BCUT2D eigenvalue weighted by atomic mass is 16.2. The standard InChI is InChI=1S/C16H19N3O3/c1-16(2)13-9(17-3)5-4-6-10(13)19(15(16)22)11-7-8-12(20)18-14(11)21/h4-6,11,17H,7-8H2,1-3H3,(H,18,20,21). The Bertz CT molecular complexity index is 681. The molecule has 2 heterocycles. The lowest BCUT2D eigenvalue weighted by Gasteiger charge is -2.31. The monoisotopic (exact) mass is 301 g/mol. The number of anilines is 2. The van der Waals surface area contributed by atoms with Gasteiger partial charge in [0.2, 0.25) is 17.7 Å². The molecule has 1 unspecified atom stereocenters. The largest absolute Gasteiger partial charge is 0.388 e. The molecule has 6 heteroatoms. The number of fused-ring (bicyclic) bond motifs is 1. The number of rotatable bonds is 2. The summed E-state index contributed by atoms with van der Waals surface area (Å²) in [7, 11) is 1.81. The van der Waals surface area contributed by atoms with Gasteiger partial charge in [-0.3, -0.25) is 24.6 Å². The molecule has 0 spiro atoms. The number of imide groups is 1. The van der Waals surface area contributed by atoms with Crippen LogP contribution in [0.25, 0.3) is 0 Å². The molecule has 1 saturated heterocycles. The quantitative estimate of drug-likeness (QED) is 0.803. The first-order valence-corrected chi connectivity index (χ1v) is 7.36. The van der Waals surface area contributed by atoms with Crippen LogP contribution in [-0.4, -0.2) is 30.8 Å². The lowest BCUT2D eigenvalue weighted by Crippen LogP contribution is -2.55. The number of nitrogens with zero attached hydrogens (tertiary/aromatic N) is 1. The Balaban J connectivity index is 2.10. The predicted octanol–water partition coefficient (Wildman–Crippen LogP) is 1.16. The van der Waals surface area contributed by atoms with Crippen LogP contribution in [0.1, 0.15) is 32.3 Å². The van der Waals surface area contributed by atoms with Crippen LogP contribution in [-0.2, 0) is 19.8 Å². The van der Waals surface area contributed by atoms with E-state index in [-0.39, 0.29) is 18.2 Å². The van der Waals surface area contributed by atoms with Crippen LogP contribution >= 0.6 is 0 Å². The molecule has 0 radical (unpaired) electrons. The normalized spacial score (nSPS) is 23.3. The van der Waals surface area contributed by atoms with Gasteiger partial charge in [-0.15, -0.1) is 0 Å². The Morgan fingerprint density at radius 1 is 1.27 bits per heavy atom. The maximum absolute atomic E-state index is 12.9. The number of hydrogen-bond donors (Lipinski definition) is 2. The summed E-state index contributed by atoms with van der Waals surface area (Å²) >= 11 is 0. The molecule has 1 aromatic rings. The smallest absolute Gasteiger partial charge is 0.249 e. The molecule has 116 valence electrons. The van der Waals surface area contributed by atoms with Gasteiger partial charge in [-0.2, -0.15) is 0 Å². The first kappa shape index (κ1) is 14.6. The number of hydrogen-bond acceptors (Lipinski definition) is 4. The van der Waals surface area contributed by atoms with E-state index in [4.69, 9.17) is 0 Å². The van der Waals surface area contributed by atoms with E-state index in [2.05, 4.69) is 10.6 Å². The lowest BCUT2D eigenvalue weighted by atomic mass is 9.85. The Morgan fingerprint density at radius 2 is 2.00 bits per heavy atom. The zero-order valence-electron chi connectivity index (χ0n) is 12.9. The maximum Gasteiger partial charge on any atom is 0.249 e. The summed E-state index contributed by atoms with van der Waals surface area (Å²) in [5, 5.41) is 5.44. The number of carbonyl (C=O) groups is 3. The number of amides is 3. The fraction of sp³-hybridized carbons (Fsp3) is 0.438. The van der Waals surface area contributed by atoms with E-state index in [0.29, 0.717) is 6.42 Å². The SMILES string of the molecule is CNc1cccc2c1C(C)(C)C(=O)N2C1CCC(=O)NC1=O. The molecular formula is C16H19N3O3. The Kier molecular flexibility index (Phi) is 3.20. The second kappa shape index (κ2) is 4.83. The molecule has 0 bridgehead atoms. The van der Waals surface area contributed by atoms with Crippen molar-refractivity contribution in [2.45, 2.75) is 38.1 Å². The van der Waals surface area contributed by atoms with E-state index in [1.165, 1.54) is 0 Å². The van der Waals surface area contributed by atoms with Crippen LogP contribution in [0.2, 0.25) is 0 Å². The fourth-order valence-electron chi connectivity index (χ4n) is 3.36. The van der Waals surface area contributed by atoms with Gasteiger partial charge < -0.3 is 5.32 Å². The molecule has 0 aromatic heterocycles. The number of carbonyl (C=O) groups excluding carboxylic acids is 3. The average molecular weight is 301 g/mol. The van der Waals surface area contributed by atoms with E-state index >= 15 is 0 Å². The summed E-state index contributed by atoms with van der Waals surface area (Å²) in [6.07, 6.45) is 0.609. The van der Waals surface area contributed by atoms with Gasteiger partial charge in [0.05, 0.1) is 11.1 Å². The van der Waals surface area contributed by atoms with Gasteiger partial charge in [-0.25, -0.2) is 0 Å². The molecule has 3 amide bonds. The Morgan fingerprint density at radius 3 is 2.64 bits per heavy atom. The second-order valence-electron chi connectivity index (χ2n) is 6.22. The molecule has 2 aliphatic heterocycles. The molecule has 1 fully saturated rings. The summed E-state index contributed by atoms with van der Waals surface area (Å²) in [6.45, 7) is 3.72. The van der Waals surface area contributed by atoms with Gasteiger partial charge in [0, 0.05) is 24.7 Å². The van der Waals surface area contributed by atoms with Crippen molar-refractivity contribution in [3.63, 3.8) is 0 Å². The molecule has 22 heavy (non-hydrogen) atoms. The van der Waals surface area contributed by atoms with Crippen molar-refractivity contribution in [2.75, 3.05) is 17.3 Å². The third kappa shape index (κ3) is 1.90. The first-order chi connectivity index (χ1) is 10.4. The zero-order valence-corrected chi connectivity index (χ0v) is 12.9. The molecule has 1 aromatic carbocycles. The fourth-order valence-corrected chi connectivity index (χ4v) is 3.36. The summed E-state index contributed by atoms with van der Waals surface area (Å²) in [4.78, 5) is 38.0. The van der Waals surface area contributed by atoms with Gasteiger partial charge in [0.15, 0.2) is 0 Å². The third-order valence-corrected chi connectivity index (χ3v) is 4.47. The summed E-state index contributed by atoms with van der Waals surface area (Å²) in [5.74, 6) is -0.792. The second-order valence-corrected chi connectivity index (χ2v) is 6.22. The minimum atomic E-state index is -0.712. The van der Waals surface area contributed by atoms with E-state index in [1.807, 2.05) is 39.1 Å². The Hall–Kier alpha value is -2.37. The van der Waals surface area contributed by atoms with Crippen molar-refractivity contribution in [1.82, 2.24) is 5.32 Å². The van der Waals surface area contributed by atoms with Gasteiger partial charge in [0.1, 0.15) is 6.04 Å². The minimum absolute atomic E-state index is 0.111. The predicted molar refractivity (Wildman–Crippen MR) is 82.7 cm³/mol. The van der Waals surface area contributed by atoms with Gasteiger partial charge in [-0.1, -0.05) is 6.07 Å². The van der Waals surface area contributed by atoms with Crippen molar-refractivity contribution in [2.24, 2.45) is 0 Å². The van der Waals surface area contributed by atoms with Crippen LogP contribution in [0.4, 0.5) is 11.4 Å². The van der Waals surface area contributed by atoms with Gasteiger partial charge >= 0.3 is 0 Å². The summed E-state index contributed by atoms with van der Waals surface area (Å²) in [6, 6.07) is 5.00. The number of piperidine rings is 1. The zero-order chi connectivity index (χ0) is 16.1. The molecule has 6 nitrogen and oxygen atoms in total. The molecular weight excluding hydrogens is 282 g/mol. The van der Waals surface area contributed by atoms with E-state index < -0.39 is 17.4 Å². The maximum atomic E-state index is 12.9. The molecule has 3 rings (SSSR count). The van der Waals surface area contributed by atoms with Crippen molar-refractivity contribution in [3.8, 4) is 0 Å². The van der Waals surface area contributed by atoms with Crippen LogP contribution in [0.5, 0.6) is 0 Å². The molecule has 0 aliphatic carbocycles. The van der Waals surface area contributed by atoms with Crippen LogP contribution in [0, 0.1) is 0 Å². The number of nitrogens with one attached hydrogen (secondary N) is 2. The third-order valence-electron chi connectivity index (χ3n) is 4.47. The van der Waals surface area contributed by atoms with Crippen molar-refractivity contribution in [1.29, 1.82) is 0 Å². The highest BCUT2D eigenvalue weighted by Gasteiger charge is 2.50. The van der Waals surface area contributed by atoms with Crippen LogP contribution in [0.15, 0.2) is 18.2 Å². The van der Waals surface area contributed by atoms with E-state index in [0.717, 1.165) is 16.9 Å². The highest BCUT2D eigenvalue weighted by molar-refractivity contribution is 6.14. The summed E-state index contributed by atoms with van der Waals surface area (Å²) < 4.78 is 0. The summed E-state index contributed by atoms with van der Waals surface area (Å²) in [5.41, 5.74) is 1.81. The molecule has 2 aliphatic rings. The van der Waals surface area contributed by atoms with Crippen LogP contribution < -0.4 is 15.5 Å². The lowest BCUT2D eigenvalue weighted by molar-refractivity contribution is -0.136. The Labute approximate surface area is 128 Å². The minimum Gasteiger partial charge on any atom is -0.388 e. The molecule has 0 saturated carbocycles. The highest BCUT2D eigenvalue weighted by Crippen LogP contribution is 2.46. The topological polar surface area (TPSA) is 78.5 Å². The first-order valence-electron chi connectivity index (χ1n) is 7.36. The van der Waals surface area contributed by atoms with Gasteiger partial charge in [0.25, 0.3) is 0 Å². The average Bonchev–Trinajstić information content (AvgIpc) is 2.68. The molecule has 1 atom stereocenters. The van der Waals surface area contributed by atoms with Crippen molar-refractivity contribution < 1.29 is 14.4 Å². The van der Waals surface area contributed by atoms with E-state index in [1.54, 1.807) is 4.90 Å². The van der Waals surface area contributed by atoms with Crippen molar-refractivity contribution in [3.05, 3.63) is 23.8 Å². The van der Waals surface area contributed by atoms with Crippen molar-refractivity contribution >= 4 is 29.1 Å². The number of benzene rings is 1. The van der Waals surface area contributed by atoms with Crippen LogP contribution in [0.3, 0.4) is 0 Å².